The van der Waals surface area contributed by atoms with Crippen molar-refractivity contribution in [3.05, 3.63) is 38.7 Å². The quantitative estimate of drug-likeness (QED) is 0.810. The number of amidine groups is 1. The SMILES string of the molecule is O=C1N=C(N2CCN(CCO)CC2)S/C1=C/c1ccc(Cl)cc1Cl. The molecule has 1 aromatic carbocycles. The predicted octanol–water partition coefficient (Wildman–Crippen LogP) is 2.57. The lowest BCUT2D eigenvalue weighted by Gasteiger charge is -2.34. The van der Waals surface area contributed by atoms with Crippen LogP contribution in [0.3, 0.4) is 0 Å². The van der Waals surface area contributed by atoms with Crippen molar-refractivity contribution in [1.82, 2.24) is 9.80 Å². The van der Waals surface area contributed by atoms with Crippen LogP contribution in [0.25, 0.3) is 6.08 Å². The standard InChI is InChI=1S/C16H17Cl2N3O2S/c17-12-2-1-11(13(18)10-12)9-14-15(23)19-16(24-14)21-5-3-20(4-6-21)7-8-22/h1-2,9-10,22H,3-8H2/b14-9+. The summed E-state index contributed by atoms with van der Waals surface area (Å²) in [7, 11) is 0. The van der Waals surface area contributed by atoms with E-state index in [0.717, 1.165) is 36.9 Å². The van der Waals surface area contributed by atoms with Crippen LogP contribution in [0.5, 0.6) is 0 Å². The summed E-state index contributed by atoms with van der Waals surface area (Å²) in [6, 6.07) is 5.19. The van der Waals surface area contributed by atoms with Crippen LogP contribution in [0, 0.1) is 0 Å². The Hall–Kier alpha value is -1.05. The first-order valence-corrected chi connectivity index (χ1v) is 9.20. The van der Waals surface area contributed by atoms with Gasteiger partial charge in [-0.15, -0.1) is 0 Å². The first-order valence-electron chi connectivity index (χ1n) is 7.62. The molecule has 0 bridgehead atoms. The largest absolute Gasteiger partial charge is 0.395 e. The molecule has 2 aliphatic rings. The zero-order valence-electron chi connectivity index (χ0n) is 12.9. The van der Waals surface area contributed by atoms with Crippen LogP contribution in [0.15, 0.2) is 28.1 Å². The molecule has 3 rings (SSSR count). The predicted molar refractivity (Wildman–Crippen MR) is 99.6 cm³/mol. The molecule has 5 nitrogen and oxygen atoms in total. The Kier molecular flexibility index (Phi) is 5.84. The normalized spacial score (nSPS) is 20.8. The molecule has 1 fully saturated rings. The fourth-order valence-electron chi connectivity index (χ4n) is 2.60. The Labute approximate surface area is 154 Å². The van der Waals surface area contributed by atoms with Gasteiger partial charge in [0.25, 0.3) is 5.91 Å². The number of hydrogen-bond donors (Lipinski definition) is 1. The van der Waals surface area contributed by atoms with Crippen LogP contribution < -0.4 is 0 Å². The van der Waals surface area contributed by atoms with Crippen molar-refractivity contribution >= 4 is 52.1 Å². The number of nitrogens with zero attached hydrogens (tertiary/aromatic N) is 3. The molecule has 1 N–H and O–H groups in total. The number of halogens is 2. The summed E-state index contributed by atoms with van der Waals surface area (Å²) >= 11 is 13.4. The first-order chi connectivity index (χ1) is 11.6. The Balaban J connectivity index is 1.67. The third-order valence-electron chi connectivity index (χ3n) is 3.92. The Morgan fingerprint density at radius 3 is 2.67 bits per heavy atom. The van der Waals surface area contributed by atoms with Crippen molar-refractivity contribution < 1.29 is 9.90 Å². The topological polar surface area (TPSA) is 56.1 Å². The van der Waals surface area contributed by atoms with Crippen LogP contribution in [-0.2, 0) is 4.79 Å². The first kappa shape index (κ1) is 17.8. The van der Waals surface area contributed by atoms with Crippen LogP contribution in [0.4, 0.5) is 0 Å². The lowest BCUT2D eigenvalue weighted by Crippen LogP contribution is -2.48. The minimum Gasteiger partial charge on any atom is -0.395 e. The van der Waals surface area contributed by atoms with Crippen molar-refractivity contribution in [2.75, 3.05) is 39.3 Å². The Morgan fingerprint density at radius 2 is 2.00 bits per heavy atom. The lowest BCUT2D eigenvalue weighted by molar-refractivity contribution is -0.113. The van der Waals surface area contributed by atoms with Gasteiger partial charge >= 0.3 is 0 Å². The van der Waals surface area contributed by atoms with E-state index in [4.69, 9.17) is 28.3 Å². The molecule has 0 aromatic heterocycles. The number of benzene rings is 1. The van der Waals surface area contributed by atoms with Gasteiger partial charge < -0.3 is 10.0 Å². The van der Waals surface area contributed by atoms with E-state index in [1.54, 1.807) is 24.3 Å². The third-order valence-corrected chi connectivity index (χ3v) is 5.52. The molecule has 0 unspecified atom stereocenters. The molecule has 8 heteroatoms. The highest BCUT2D eigenvalue weighted by Gasteiger charge is 2.28. The third kappa shape index (κ3) is 4.13. The molecule has 2 heterocycles. The van der Waals surface area contributed by atoms with Gasteiger partial charge in [-0.1, -0.05) is 29.3 Å². The number of aliphatic hydroxyl groups is 1. The molecule has 0 spiro atoms. The van der Waals surface area contributed by atoms with Gasteiger partial charge in [-0.25, -0.2) is 0 Å². The summed E-state index contributed by atoms with van der Waals surface area (Å²) in [6.45, 7) is 4.17. The van der Waals surface area contributed by atoms with Gasteiger partial charge in [0, 0.05) is 42.8 Å². The molecule has 1 aromatic rings. The van der Waals surface area contributed by atoms with Crippen molar-refractivity contribution in [3.8, 4) is 0 Å². The van der Waals surface area contributed by atoms with Gasteiger partial charge in [0.1, 0.15) is 0 Å². The van der Waals surface area contributed by atoms with Gasteiger partial charge in [-0.05, 0) is 35.5 Å². The monoisotopic (exact) mass is 385 g/mol. The summed E-state index contributed by atoms with van der Waals surface area (Å²) in [5.41, 5.74) is 0.751. The molecular formula is C16H17Cl2N3O2S. The molecule has 0 radical (unpaired) electrons. The molecule has 2 aliphatic heterocycles. The number of amides is 1. The van der Waals surface area contributed by atoms with Crippen molar-refractivity contribution in [2.45, 2.75) is 0 Å². The minimum atomic E-state index is -0.237. The number of carbonyl (C=O) groups is 1. The van der Waals surface area contributed by atoms with Gasteiger partial charge in [0.05, 0.1) is 11.5 Å². The molecule has 0 aliphatic carbocycles. The second-order valence-corrected chi connectivity index (χ2v) is 7.38. The maximum absolute atomic E-state index is 12.2. The van der Waals surface area contributed by atoms with E-state index in [0.29, 0.717) is 21.5 Å². The number of rotatable bonds is 3. The summed E-state index contributed by atoms with van der Waals surface area (Å²) in [5, 5.41) is 10.8. The lowest BCUT2D eigenvalue weighted by atomic mass is 10.2. The maximum atomic E-state index is 12.2. The minimum absolute atomic E-state index is 0.170. The second kappa shape index (κ2) is 7.89. The molecule has 1 amide bonds. The maximum Gasteiger partial charge on any atom is 0.286 e. The summed E-state index contributed by atoms with van der Waals surface area (Å²) in [6.07, 6.45) is 1.75. The molecule has 128 valence electrons. The summed E-state index contributed by atoms with van der Waals surface area (Å²) in [5.74, 6) is -0.237. The van der Waals surface area contributed by atoms with Crippen LogP contribution >= 0.6 is 35.0 Å². The molecular weight excluding hydrogens is 369 g/mol. The van der Waals surface area contributed by atoms with Crippen LogP contribution in [0.2, 0.25) is 10.0 Å². The fourth-order valence-corrected chi connectivity index (χ4v) is 4.02. The Morgan fingerprint density at radius 1 is 1.25 bits per heavy atom. The van der Waals surface area contributed by atoms with E-state index in [1.807, 2.05) is 0 Å². The van der Waals surface area contributed by atoms with Crippen molar-refractivity contribution in [3.63, 3.8) is 0 Å². The molecule has 1 saturated heterocycles. The van der Waals surface area contributed by atoms with Gasteiger partial charge in [-0.3, -0.25) is 9.69 Å². The van der Waals surface area contributed by atoms with Gasteiger partial charge in [0.2, 0.25) is 0 Å². The highest BCUT2D eigenvalue weighted by Crippen LogP contribution is 2.32. The highest BCUT2D eigenvalue weighted by molar-refractivity contribution is 8.18. The fraction of sp³-hybridized carbons (Fsp3) is 0.375. The van der Waals surface area contributed by atoms with Crippen LogP contribution in [-0.4, -0.2) is 65.3 Å². The van der Waals surface area contributed by atoms with E-state index in [-0.39, 0.29) is 12.5 Å². The zero-order chi connectivity index (χ0) is 17.1. The number of aliphatic imine (C=N–C) groups is 1. The summed E-state index contributed by atoms with van der Waals surface area (Å²) < 4.78 is 0. The number of aliphatic hydroxyl groups excluding tert-OH is 1. The summed E-state index contributed by atoms with van der Waals surface area (Å²) in [4.78, 5) is 21.2. The molecule has 24 heavy (non-hydrogen) atoms. The van der Waals surface area contributed by atoms with Crippen LogP contribution in [0.1, 0.15) is 5.56 Å². The second-order valence-electron chi connectivity index (χ2n) is 5.53. The Bertz CT molecular complexity index is 701. The average Bonchev–Trinajstić information content (AvgIpc) is 2.92. The smallest absolute Gasteiger partial charge is 0.286 e. The van der Waals surface area contributed by atoms with E-state index in [9.17, 15) is 4.79 Å². The van der Waals surface area contributed by atoms with E-state index >= 15 is 0 Å². The average molecular weight is 386 g/mol. The number of β-amino-alcohol motifs (C(OH)–C–C–N with tert-alkyl or cyclic N) is 1. The number of carbonyl (C=O) groups excluding carboxylic acids is 1. The number of thioether (sulfide) groups is 1. The van der Waals surface area contributed by atoms with E-state index in [1.165, 1.54) is 11.8 Å². The molecule has 0 saturated carbocycles. The van der Waals surface area contributed by atoms with Gasteiger partial charge in [-0.2, -0.15) is 4.99 Å². The number of hydrogen-bond acceptors (Lipinski definition) is 5. The highest BCUT2D eigenvalue weighted by atomic mass is 35.5. The number of piperazine rings is 1. The van der Waals surface area contributed by atoms with Crippen molar-refractivity contribution in [2.24, 2.45) is 4.99 Å². The van der Waals surface area contributed by atoms with Gasteiger partial charge in [0.15, 0.2) is 5.17 Å². The van der Waals surface area contributed by atoms with Crippen molar-refractivity contribution in [1.29, 1.82) is 0 Å². The van der Waals surface area contributed by atoms with E-state index < -0.39 is 0 Å². The zero-order valence-corrected chi connectivity index (χ0v) is 15.2. The molecule has 0 atom stereocenters. The van der Waals surface area contributed by atoms with E-state index in [2.05, 4.69) is 14.8 Å².